The van der Waals surface area contributed by atoms with Gasteiger partial charge in [-0.3, -0.25) is 14.6 Å². The third-order valence-electron chi connectivity index (χ3n) is 3.77. The Kier molecular flexibility index (Phi) is 3.87. The molecule has 1 aromatic carbocycles. The van der Waals surface area contributed by atoms with Gasteiger partial charge in [0.05, 0.1) is 5.39 Å². The minimum absolute atomic E-state index is 0.272. The van der Waals surface area contributed by atoms with Crippen LogP contribution in [0.25, 0.3) is 21.3 Å². The van der Waals surface area contributed by atoms with Gasteiger partial charge in [-0.25, -0.2) is 9.36 Å². The van der Waals surface area contributed by atoms with Crippen molar-refractivity contribution in [3.05, 3.63) is 56.5 Å². The third kappa shape index (κ3) is 2.49. The highest BCUT2D eigenvalue weighted by Gasteiger charge is 2.22. The van der Waals surface area contributed by atoms with Crippen molar-refractivity contribution >= 4 is 27.5 Å². The monoisotopic (exact) mass is 329 g/mol. The van der Waals surface area contributed by atoms with Crippen LogP contribution >= 0.6 is 11.3 Å². The van der Waals surface area contributed by atoms with Crippen LogP contribution in [-0.2, 0) is 4.79 Å². The Labute approximate surface area is 135 Å². The zero-order valence-corrected chi connectivity index (χ0v) is 13.2. The van der Waals surface area contributed by atoms with Crippen LogP contribution in [-0.4, -0.2) is 15.5 Å². The fourth-order valence-electron chi connectivity index (χ4n) is 2.66. The summed E-state index contributed by atoms with van der Waals surface area (Å²) in [5, 5.41) is 2.23. The fourth-order valence-corrected chi connectivity index (χ4v) is 3.61. The van der Waals surface area contributed by atoms with Gasteiger partial charge in [-0.15, -0.1) is 11.3 Å². The highest BCUT2D eigenvalue weighted by molar-refractivity contribution is 7.17. The average molecular weight is 329 g/mol. The highest BCUT2D eigenvalue weighted by atomic mass is 32.1. The van der Waals surface area contributed by atoms with Crippen molar-refractivity contribution in [3.8, 4) is 11.1 Å². The smallest absolute Gasteiger partial charge is 0.330 e. The summed E-state index contributed by atoms with van der Waals surface area (Å²) in [6.07, 6.45) is 0.272. The number of primary amides is 1. The summed E-state index contributed by atoms with van der Waals surface area (Å²) in [6.45, 7) is 1.71. The fraction of sp³-hybridized carbons (Fsp3) is 0.188. The number of carbonyl (C=O) groups is 1. The lowest BCUT2D eigenvalue weighted by atomic mass is 10.1. The number of carbonyl (C=O) groups excluding carboxylic acids is 1. The Hall–Kier alpha value is -2.67. The van der Waals surface area contributed by atoms with Gasteiger partial charge in [-0.1, -0.05) is 37.3 Å². The van der Waals surface area contributed by atoms with Gasteiger partial charge in [0.1, 0.15) is 10.9 Å². The van der Waals surface area contributed by atoms with Crippen LogP contribution in [0.5, 0.6) is 0 Å². The standard InChI is InChI=1S/C16H15N3O3S/c1-2-11(13(17)20)19-15(21)12-10(9-6-4-3-5-7-9)8-23-14(12)18-16(19)22/h3-8,11H,2H2,1H3,(H2,17,20)(H,18,22). The van der Waals surface area contributed by atoms with Crippen LogP contribution in [0.15, 0.2) is 45.3 Å². The number of nitrogens with zero attached hydrogens (tertiary/aromatic N) is 1. The van der Waals surface area contributed by atoms with Gasteiger partial charge in [0.2, 0.25) is 5.91 Å². The second-order valence-electron chi connectivity index (χ2n) is 5.15. The summed E-state index contributed by atoms with van der Waals surface area (Å²) in [4.78, 5) is 39.8. The summed E-state index contributed by atoms with van der Waals surface area (Å²) in [7, 11) is 0. The van der Waals surface area contributed by atoms with E-state index >= 15 is 0 Å². The van der Waals surface area contributed by atoms with E-state index in [2.05, 4.69) is 4.98 Å². The number of benzene rings is 1. The maximum Gasteiger partial charge on any atom is 0.330 e. The first-order valence-corrected chi connectivity index (χ1v) is 8.03. The predicted molar refractivity (Wildman–Crippen MR) is 90.7 cm³/mol. The molecule has 6 nitrogen and oxygen atoms in total. The first kappa shape index (κ1) is 15.2. The molecule has 118 valence electrons. The zero-order chi connectivity index (χ0) is 16.6. The van der Waals surface area contributed by atoms with Crippen molar-refractivity contribution in [1.29, 1.82) is 0 Å². The summed E-state index contributed by atoms with van der Waals surface area (Å²) >= 11 is 1.29. The maximum atomic E-state index is 12.9. The minimum Gasteiger partial charge on any atom is -0.368 e. The lowest BCUT2D eigenvalue weighted by Crippen LogP contribution is -2.42. The molecule has 23 heavy (non-hydrogen) atoms. The molecule has 0 bridgehead atoms. The van der Waals surface area contributed by atoms with E-state index in [1.807, 2.05) is 35.7 Å². The van der Waals surface area contributed by atoms with E-state index < -0.39 is 23.2 Å². The van der Waals surface area contributed by atoms with Crippen LogP contribution < -0.4 is 17.0 Å². The van der Waals surface area contributed by atoms with Crippen molar-refractivity contribution in [1.82, 2.24) is 9.55 Å². The highest BCUT2D eigenvalue weighted by Crippen LogP contribution is 2.30. The Bertz CT molecular complexity index is 985. The summed E-state index contributed by atoms with van der Waals surface area (Å²) < 4.78 is 0.920. The van der Waals surface area contributed by atoms with Crippen molar-refractivity contribution in [2.75, 3.05) is 0 Å². The van der Waals surface area contributed by atoms with Gasteiger partial charge < -0.3 is 5.73 Å². The van der Waals surface area contributed by atoms with Gasteiger partial charge in [-0.05, 0) is 12.0 Å². The number of nitrogens with two attached hydrogens (primary N) is 1. The normalized spacial score (nSPS) is 12.4. The van der Waals surface area contributed by atoms with E-state index in [1.165, 1.54) is 11.3 Å². The van der Waals surface area contributed by atoms with E-state index in [0.29, 0.717) is 10.2 Å². The molecule has 1 unspecified atom stereocenters. The molecule has 0 fully saturated rings. The Morgan fingerprint density at radius 3 is 2.61 bits per heavy atom. The Morgan fingerprint density at radius 2 is 2.00 bits per heavy atom. The molecule has 0 aliphatic carbocycles. The molecule has 7 heteroatoms. The molecule has 0 aliphatic heterocycles. The largest absolute Gasteiger partial charge is 0.368 e. The van der Waals surface area contributed by atoms with Gasteiger partial charge in [0.15, 0.2) is 0 Å². The second-order valence-corrected chi connectivity index (χ2v) is 6.03. The quantitative estimate of drug-likeness (QED) is 0.764. The molecule has 0 saturated heterocycles. The molecule has 0 aliphatic rings. The Morgan fingerprint density at radius 1 is 1.30 bits per heavy atom. The lowest BCUT2D eigenvalue weighted by Gasteiger charge is -2.13. The number of H-pyrrole nitrogens is 1. The van der Waals surface area contributed by atoms with Crippen LogP contribution in [0.1, 0.15) is 19.4 Å². The van der Waals surface area contributed by atoms with Gasteiger partial charge in [-0.2, -0.15) is 0 Å². The second kappa shape index (κ2) is 5.85. The summed E-state index contributed by atoms with van der Waals surface area (Å²) in [5.74, 6) is -0.698. The number of nitrogens with one attached hydrogen (secondary N) is 1. The molecule has 3 N–H and O–H groups in total. The molecule has 3 rings (SSSR count). The van der Waals surface area contributed by atoms with Crippen LogP contribution in [0.4, 0.5) is 0 Å². The van der Waals surface area contributed by atoms with Crippen LogP contribution in [0.2, 0.25) is 0 Å². The van der Waals surface area contributed by atoms with E-state index in [-0.39, 0.29) is 6.42 Å². The average Bonchev–Trinajstić information content (AvgIpc) is 2.95. The molecule has 0 spiro atoms. The number of amides is 1. The molecular weight excluding hydrogens is 314 g/mol. The molecule has 1 atom stereocenters. The molecule has 2 aromatic heterocycles. The third-order valence-corrected chi connectivity index (χ3v) is 4.67. The number of thiophene rings is 1. The van der Waals surface area contributed by atoms with Crippen molar-refractivity contribution in [2.45, 2.75) is 19.4 Å². The molecule has 0 radical (unpaired) electrons. The zero-order valence-electron chi connectivity index (χ0n) is 12.4. The number of rotatable bonds is 4. The first-order chi connectivity index (χ1) is 11.0. The van der Waals surface area contributed by atoms with Crippen LogP contribution in [0.3, 0.4) is 0 Å². The van der Waals surface area contributed by atoms with E-state index in [1.54, 1.807) is 6.92 Å². The van der Waals surface area contributed by atoms with E-state index in [9.17, 15) is 14.4 Å². The van der Waals surface area contributed by atoms with Gasteiger partial charge in [0.25, 0.3) is 5.56 Å². The summed E-state index contributed by atoms with van der Waals surface area (Å²) in [5.41, 5.74) is 5.84. The maximum absolute atomic E-state index is 12.9. The van der Waals surface area contributed by atoms with E-state index in [4.69, 9.17) is 5.73 Å². The molecule has 2 heterocycles. The van der Waals surface area contributed by atoms with Crippen molar-refractivity contribution in [2.24, 2.45) is 5.73 Å². The lowest BCUT2D eigenvalue weighted by molar-refractivity contribution is -0.121. The number of fused-ring (bicyclic) bond motifs is 1. The molecule has 0 saturated carbocycles. The van der Waals surface area contributed by atoms with Gasteiger partial charge in [0, 0.05) is 10.9 Å². The SMILES string of the molecule is CCC(C(N)=O)n1c(=O)[nH]c2scc(-c3ccccc3)c2c1=O. The number of hydrogen-bond donors (Lipinski definition) is 2. The molecule has 3 aromatic rings. The van der Waals surface area contributed by atoms with Crippen molar-refractivity contribution < 1.29 is 4.79 Å². The van der Waals surface area contributed by atoms with E-state index in [0.717, 1.165) is 15.7 Å². The minimum atomic E-state index is -0.959. The molecule has 1 amide bonds. The number of aromatic amines is 1. The predicted octanol–water partition coefficient (Wildman–Crippen LogP) is 1.85. The molecular formula is C16H15N3O3S. The first-order valence-electron chi connectivity index (χ1n) is 7.15. The Balaban J connectivity index is 2.35. The van der Waals surface area contributed by atoms with Gasteiger partial charge >= 0.3 is 5.69 Å². The van der Waals surface area contributed by atoms with Crippen LogP contribution in [0, 0.1) is 0 Å². The number of hydrogen-bond acceptors (Lipinski definition) is 4. The number of aromatic nitrogens is 2. The topological polar surface area (TPSA) is 97.9 Å². The van der Waals surface area contributed by atoms with Crippen molar-refractivity contribution in [3.63, 3.8) is 0 Å². The summed E-state index contributed by atoms with van der Waals surface area (Å²) in [6, 6.07) is 8.46.